The molecule has 0 saturated carbocycles. The van der Waals surface area contributed by atoms with Crippen molar-refractivity contribution >= 4 is 34.5 Å². The quantitative estimate of drug-likeness (QED) is 0.754. The van der Waals surface area contributed by atoms with Crippen LogP contribution in [0.15, 0.2) is 5.51 Å². The molecule has 0 aliphatic carbocycles. The number of hydrogen-bond acceptors (Lipinski definition) is 4. The van der Waals surface area contributed by atoms with E-state index in [-0.39, 0.29) is 16.9 Å². The summed E-state index contributed by atoms with van der Waals surface area (Å²) in [5, 5.41) is 2.69. The van der Waals surface area contributed by atoms with Crippen molar-refractivity contribution in [2.75, 3.05) is 0 Å². The Morgan fingerprint density at radius 2 is 2.43 bits per heavy atom. The van der Waals surface area contributed by atoms with Crippen LogP contribution < -0.4 is 11.1 Å². The maximum Gasteiger partial charge on any atom is 0.263 e. The third kappa shape index (κ3) is 2.49. The summed E-state index contributed by atoms with van der Waals surface area (Å²) in [6.45, 7) is 3.54. The van der Waals surface area contributed by atoms with Crippen LogP contribution in [0.4, 0.5) is 0 Å². The number of amides is 1. The number of aromatic nitrogens is 1. The van der Waals surface area contributed by atoms with E-state index in [1.165, 1.54) is 11.3 Å². The van der Waals surface area contributed by atoms with Gasteiger partial charge in [-0.2, -0.15) is 0 Å². The summed E-state index contributed by atoms with van der Waals surface area (Å²) in [5.41, 5.74) is 7.74. The zero-order chi connectivity index (χ0) is 10.7. The predicted molar refractivity (Wildman–Crippen MR) is 60.6 cm³/mol. The molecule has 0 spiro atoms. The van der Waals surface area contributed by atoms with Gasteiger partial charge >= 0.3 is 0 Å². The van der Waals surface area contributed by atoms with Crippen molar-refractivity contribution in [3.05, 3.63) is 16.1 Å². The van der Waals surface area contributed by atoms with Gasteiger partial charge in [0, 0.05) is 0 Å². The summed E-state index contributed by atoms with van der Waals surface area (Å²) in [6.07, 6.45) is 0. The van der Waals surface area contributed by atoms with Crippen LogP contribution in [0.1, 0.15) is 22.3 Å². The van der Waals surface area contributed by atoms with Crippen molar-refractivity contribution in [3.8, 4) is 0 Å². The Labute approximate surface area is 91.5 Å². The Bertz CT molecular complexity index is 361. The molecular weight excluding hydrogens is 218 g/mol. The number of nitrogens with one attached hydrogen (secondary N) is 1. The van der Waals surface area contributed by atoms with Crippen LogP contribution in [0.3, 0.4) is 0 Å². The fraction of sp³-hybridized carbons (Fsp3) is 0.375. The molecule has 0 fully saturated rings. The van der Waals surface area contributed by atoms with Crippen molar-refractivity contribution in [1.82, 2.24) is 10.3 Å². The van der Waals surface area contributed by atoms with Gasteiger partial charge in [0.1, 0.15) is 4.88 Å². The van der Waals surface area contributed by atoms with Crippen LogP contribution in [-0.4, -0.2) is 21.9 Å². The van der Waals surface area contributed by atoms with Crippen molar-refractivity contribution in [3.63, 3.8) is 0 Å². The van der Waals surface area contributed by atoms with E-state index >= 15 is 0 Å². The molecule has 1 heterocycles. The summed E-state index contributed by atoms with van der Waals surface area (Å²) in [5.74, 6) is -0.176. The maximum atomic E-state index is 11.6. The van der Waals surface area contributed by atoms with E-state index < -0.39 is 0 Å². The SMILES string of the molecule is Cc1ncsc1C(=O)NC(C)C(N)=S. The molecule has 0 aliphatic rings. The minimum absolute atomic E-state index is 0.176. The zero-order valence-electron chi connectivity index (χ0n) is 7.90. The Balaban J connectivity index is 2.69. The Hall–Kier alpha value is -1.01. The first-order chi connectivity index (χ1) is 6.52. The van der Waals surface area contributed by atoms with Crippen molar-refractivity contribution in [2.45, 2.75) is 19.9 Å². The van der Waals surface area contributed by atoms with Crippen molar-refractivity contribution in [1.29, 1.82) is 0 Å². The molecule has 76 valence electrons. The summed E-state index contributed by atoms with van der Waals surface area (Å²) >= 11 is 6.05. The van der Waals surface area contributed by atoms with E-state index in [4.69, 9.17) is 18.0 Å². The number of nitrogens with two attached hydrogens (primary N) is 1. The molecule has 1 unspecified atom stereocenters. The largest absolute Gasteiger partial charge is 0.392 e. The third-order valence-electron chi connectivity index (χ3n) is 1.73. The summed E-state index contributed by atoms with van der Waals surface area (Å²) in [4.78, 5) is 16.5. The van der Waals surface area contributed by atoms with Gasteiger partial charge in [0.2, 0.25) is 0 Å². The zero-order valence-corrected chi connectivity index (χ0v) is 9.54. The maximum absolute atomic E-state index is 11.6. The van der Waals surface area contributed by atoms with Crippen LogP contribution in [0.2, 0.25) is 0 Å². The lowest BCUT2D eigenvalue weighted by molar-refractivity contribution is 0.0952. The molecule has 0 saturated heterocycles. The highest BCUT2D eigenvalue weighted by atomic mass is 32.1. The molecule has 0 radical (unpaired) electrons. The highest BCUT2D eigenvalue weighted by Crippen LogP contribution is 2.11. The molecule has 1 aromatic heterocycles. The van der Waals surface area contributed by atoms with Gasteiger partial charge in [-0.15, -0.1) is 11.3 Å². The molecule has 1 aromatic rings. The van der Waals surface area contributed by atoms with Crippen LogP contribution in [-0.2, 0) is 0 Å². The van der Waals surface area contributed by atoms with E-state index in [0.717, 1.165) is 5.69 Å². The normalized spacial score (nSPS) is 12.1. The number of carbonyl (C=O) groups excluding carboxylic acids is 1. The van der Waals surface area contributed by atoms with E-state index in [1.807, 2.05) is 0 Å². The molecule has 3 N–H and O–H groups in total. The number of aryl methyl sites for hydroxylation is 1. The third-order valence-corrected chi connectivity index (χ3v) is 3.01. The molecule has 6 heteroatoms. The number of nitrogens with zero attached hydrogens (tertiary/aromatic N) is 1. The van der Waals surface area contributed by atoms with Gasteiger partial charge in [0.25, 0.3) is 5.91 Å². The lowest BCUT2D eigenvalue weighted by Crippen LogP contribution is -2.41. The first-order valence-corrected chi connectivity index (χ1v) is 5.31. The average molecular weight is 229 g/mol. The summed E-state index contributed by atoms with van der Waals surface area (Å²) in [7, 11) is 0. The number of hydrogen-bond donors (Lipinski definition) is 2. The number of thiocarbonyl (C=S) groups is 1. The molecule has 1 amide bonds. The van der Waals surface area contributed by atoms with Gasteiger partial charge in [-0.1, -0.05) is 12.2 Å². The second kappa shape index (κ2) is 4.47. The molecule has 4 nitrogen and oxygen atoms in total. The van der Waals surface area contributed by atoms with E-state index in [9.17, 15) is 4.79 Å². The Morgan fingerprint density at radius 1 is 1.79 bits per heavy atom. The van der Waals surface area contributed by atoms with Crippen molar-refractivity contribution in [2.24, 2.45) is 5.73 Å². The molecule has 0 aromatic carbocycles. The summed E-state index contributed by atoms with van der Waals surface area (Å²) in [6, 6.07) is -0.293. The van der Waals surface area contributed by atoms with Crippen LogP contribution in [0.25, 0.3) is 0 Å². The standard InChI is InChI=1S/C8H11N3OS2/c1-4-6(14-3-10-4)8(12)11-5(2)7(9)13/h3,5H,1-2H3,(H2,9,13)(H,11,12). The predicted octanol–water partition coefficient (Wildman–Crippen LogP) is 0.856. The van der Waals surface area contributed by atoms with Gasteiger partial charge in [-0.05, 0) is 13.8 Å². The first kappa shape index (κ1) is 11.1. The minimum atomic E-state index is -0.293. The molecular formula is C8H11N3OS2. The summed E-state index contributed by atoms with van der Waals surface area (Å²) < 4.78 is 0. The van der Waals surface area contributed by atoms with Gasteiger partial charge < -0.3 is 11.1 Å². The topological polar surface area (TPSA) is 68.0 Å². The molecule has 0 aliphatic heterocycles. The fourth-order valence-electron chi connectivity index (χ4n) is 0.853. The van der Waals surface area contributed by atoms with Gasteiger partial charge in [0.05, 0.1) is 22.2 Å². The van der Waals surface area contributed by atoms with Crippen LogP contribution in [0.5, 0.6) is 0 Å². The second-order valence-electron chi connectivity index (χ2n) is 2.86. The van der Waals surface area contributed by atoms with Gasteiger partial charge in [0.15, 0.2) is 0 Å². The Kier molecular flexibility index (Phi) is 3.54. The number of carbonyl (C=O) groups is 1. The lowest BCUT2D eigenvalue weighted by atomic mass is 10.3. The molecule has 14 heavy (non-hydrogen) atoms. The average Bonchev–Trinajstić information content (AvgIpc) is 2.51. The molecule has 1 rings (SSSR count). The molecule has 0 bridgehead atoms. The number of rotatable bonds is 3. The van der Waals surface area contributed by atoms with Gasteiger partial charge in [-0.25, -0.2) is 4.98 Å². The Morgan fingerprint density at radius 3 is 2.86 bits per heavy atom. The smallest absolute Gasteiger partial charge is 0.263 e. The highest BCUT2D eigenvalue weighted by molar-refractivity contribution is 7.80. The molecule has 1 atom stereocenters. The van der Waals surface area contributed by atoms with E-state index in [0.29, 0.717) is 4.88 Å². The lowest BCUT2D eigenvalue weighted by Gasteiger charge is -2.10. The minimum Gasteiger partial charge on any atom is -0.392 e. The second-order valence-corrected chi connectivity index (χ2v) is 4.19. The number of thiazole rings is 1. The highest BCUT2D eigenvalue weighted by Gasteiger charge is 2.14. The van der Waals surface area contributed by atoms with E-state index in [1.54, 1.807) is 19.4 Å². The van der Waals surface area contributed by atoms with E-state index in [2.05, 4.69) is 10.3 Å². The van der Waals surface area contributed by atoms with Crippen molar-refractivity contribution < 1.29 is 4.79 Å². The first-order valence-electron chi connectivity index (χ1n) is 4.02. The monoisotopic (exact) mass is 229 g/mol. The van der Waals surface area contributed by atoms with Crippen LogP contribution in [0, 0.1) is 6.92 Å². The fourth-order valence-corrected chi connectivity index (χ4v) is 1.62. The van der Waals surface area contributed by atoms with Gasteiger partial charge in [-0.3, -0.25) is 4.79 Å². The van der Waals surface area contributed by atoms with Crippen LogP contribution >= 0.6 is 23.6 Å².